The smallest absolute Gasteiger partial charge is 0.293 e. The number of fused-ring (bicyclic) bond motifs is 5. The number of hydrogen-bond acceptors (Lipinski definition) is 7. The highest BCUT2D eigenvalue weighted by Gasteiger charge is 2.67. The lowest BCUT2D eigenvalue weighted by Crippen LogP contribution is -2.38. The first-order valence-corrected chi connectivity index (χ1v) is 21.2. The molecule has 0 aliphatic heterocycles. The summed E-state index contributed by atoms with van der Waals surface area (Å²) in [5.74, 6) is -13.7. The summed E-state index contributed by atoms with van der Waals surface area (Å²) in [5, 5.41) is 10.1. The Morgan fingerprint density at radius 3 is 2.28 bits per heavy atom. The third-order valence-electron chi connectivity index (χ3n) is 11.1. The summed E-state index contributed by atoms with van der Waals surface area (Å²) in [6, 6.07) is 7.42. The molecule has 3 heterocycles. The van der Waals surface area contributed by atoms with Gasteiger partial charge in [0.1, 0.15) is 52.8 Å². The van der Waals surface area contributed by atoms with Gasteiger partial charge in [-0.1, -0.05) is 17.7 Å². The fraction of sp³-hybridized carbons (Fsp3) is 0.244. The third-order valence-corrected chi connectivity index (χ3v) is 12.0. The fourth-order valence-corrected chi connectivity index (χ4v) is 9.29. The molecule has 0 spiro atoms. The molecular weight excluding hydrogens is 907 g/mol. The van der Waals surface area contributed by atoms with E-state index in [4.69, 9.17) is 11.6 Å². The number of carbonyl (C=O) groups is 1. The number of nitrogens with one attached hydrogen (secondary N) is 2. The number of aryl methyl sites for hydroxylation is 1. The number of amides is 1. The van der Waals surface area contributed by atoms with Crippen molar-refractivity contribution in [2.24, 2.45) is 13.0 Å². The molecular formula is C41H28ClF9N8O4S. The van der Waals surface area contributed by atoms with Gasteiger partial charge in [0.2, 0.25) is 15.9 Å². The van der Waals surface area contributed by atoms with Crippen LogP contribution in [0.15, 0.2) is 65.5 Å². The van der Waals surface area contributed by atoms with Crippen molar-refractivity contribution < 1.29 is 52.7 Å². The molecule has 0 radical (unpaired) electrons. The lowest BCUT2D eigenvalue weighted by atomic mass is 10.0. The van der Waals surface area contributed by atoms with Crippen molar-refractivity contribution in [3.63, 3.8) is 0 Å². The minimum absolute atomic E-state index is 0.00969. The van der Waals surface area contributed by atoms with Gasteiger partial charge in [-0.3, -0.25) is 28.2 Å². The second-order valence-electron chi connectivity index (χ2n) is 15.5. The Bertz CT molecular complexity index is 3280. The molecule has 2 unspecified atom stereocenters. The molecule has 2 aliphatic carbocycles. The van der Waals surface area contributed by atoms with Crippen LogP contribution in [0.5, 0.6) is 0 Å². The standard InChI is InChI=1S/C41H28ClF9N8O4S/c1-57-35-29(6-5-24(42)33(35)38(55-57)56-64(2,62)63)59-39(53-27-10-17(3-4-21(27)40(59)61)31-25(46)12-20(45)13-26(31)47)28(9-16-7-18(43)11-19(44)8-16)52-30(60)15-58-36-32(34(54-58)37(48)49)22-14-23(22)41(36,50)51/h3-8,10-13,22-23,28,37H,9,14-15H2,1-2H3,(H,52,60)(H,55,56)/t22?,23?,28-/m0/s1. The first-order valence-electron chi connectivity index (χ1n) is 19.0. The van der Waals surface area contributed by atoms with E-state index in [0.29, 0.717) is 22.9 Å². The zero-order chi connectivity index (χ0) is 45.9. The van der Waals surface area contributed by atoms with Gasteiger partial charge in [-0.25, -0.2) is 44.1 Å². The van der Waals surface area contributed by atoms with E-state index < -0.39 is 117 Å². The minimum Gasteiger partial charge on any atom is -0.344 e. The molecule has 2 N–H and O–H groups in total. The highest BCUT2D eigenvalue weighted by Crippen LogP contribution is 2.68. The summed E-state index contributed by atoms with van der Waals surface area (Å²) in [5.41, 5.74) is -4.61. The lowest BCUT2D eigenvalue weighted by Gasteiger charge is -2.24. The van der Waals surface area contributed by atoms with Gasteiger partial charge in [0, 0.05) is 43.1 Å². The van der Waals surface area contributed by atoms with Crippen LogP contribution in [-0.2, 0) is 40.8 Å². The van der Waals surface area contributed by atoms with Crippen LogP contribution in [0.4, 0.5) is 45.3 Å². The highest BCUT2D eigenvalue weighted by molar-refractivity contribution is 7.92. The second kappa shape index (κ2) is 15.1. The van der Waals surface area contributed by atoms with E-state index in [-0.39, 0.29) is 61.4 Å². The number of hydrogen-bond donors (Lipinski definition) is 2. The number of anilines is 1. The first kappa shape index (κ1) is 42.9. The zero-order valence-corrected chi connectivity index (χ0v) is 34.3. The minimum atomic E-state index is -3.98. The van der Waals surface area contributed by atoms with Gasteiger partial charge in [0.05, 0.1) is 50.4 Å². The summed E-state index contributed by atoms with van der Waals surface area (Å²) in [6.07, 6.45) is -3.09. The van der Waals surface area contributed by atoms with Gasteiger partial charge in [-0.2, -0.15) is 19.0 Å². The quantitative estimate of drug-likeness (QED) is 0.125. The van der Waals surface area contributed by atoms with Crippen LogP contribution in [0, 0.1) is 35.0 Å². The maximum atomic E-state index is 15.5. The van der Waals surface area contributed by atoms with Crippen LogP contribution in [0.25, 0.3) is 38.6 Å². The number of rotatable bonds is 11. The van der Waals surface area contributed by atoms with Gasteiger partial charge >= 0.3 is 0 Å². The zero-order valence-electron chi connectivity index (χ0n) is 32.7. The van der Waals surface area contributed by atoms with E-state index in [9.17, 15) is 40.0 Å². The Labute approximate surface area is 359 Å². The third kappa shape index (κ3) is 7.30. The predicted octanol–water partition coefficient (Wildman–Crippen LogP) is 8.10. The molecule has 1 fully saturated rings. The molecule has 23 heteroatoms. The number of carbonyl (C=O) groups excluding carboxylic acids is 1. The van der Waals surface area contributed by atoms with Crippen LogP contribution in [0.2, 0.25) is 5.02 Å². The maximum Gasteiger partial charge on any atom is 0.293 e. The summed E-state index contributed by atoms with van der Waals surface area (Å²) in [7, 11) is -2.61. The highest BCUT2D eigenvalue weighted by atomic mass is 35.5. The molecule has 332 valence electrons. The van der Waals surface area contributed by atoms with E-state index in [2.05, 4.69) is 25.2 Å². The topological polar surface area (TPSA) is 146 Å². The molecule has 0 bridgehead atoms. The van der Waals surface area contributed by atoms with Crippen molar-refractivity contribution in [3.8, 4) is 16.8 Å². The summed E-state index contributed by atoms with van der Waals surface area (Å²) < 4.78 is 162. The van der Waals surface area contributed by atoms with E-state index in [1.807, 2.05) is 0 Å². The number of sulfonamides is 1. The van der Waals surface area contributed by atoms with Crippen molar-refractivity contribution in [2.75, 3.05) is 11.0 Å². The molecule has 4 aromatic carbocycles. The molecule has 3 aromatic heterocycles. The van der Waals surface area contributed by atoms with Crippen molar-refractivity contribution in [1.82, 2.24) is 34.4 Å². The number of benzene rings is 4. The summed E-state index contributed by atoms with van der Waals surface area (Å²) in [4.78, 5) is 33.7. The molecule has 0 saturated heterocycles. The number of halogens is 10. The largest absolute Gasteiger partial charge is 0.344 e. The molecule has 64 heavy (non-hydrogen) atoms. The summed E-state index contributed by atoms with van der Waals surface area (Å²) >= 11 is 6.58. The lowest BCUT2D eigenvalue weighted by molar-refractivity contribution is -0.123. The van der Waals surface area contributed by atoms with Crippen molar-refractivity contribution in [2.45, 2.75) is 43.7 Å². The molecule has 1 amide bonds. The Balaban J connectivity index is 1.27. The van der Waals surface area contributed by atoms with Crippen LogP contribution >= 0.6 is 11.6 Å². The van der Waals surface area contributed by atoms with Gasteiger partial charge in [0.25, 0.3) is 17.9 Å². The van der Waals surface area contributed by atoms with E-state index in [1.165, 1.54) is 19.2 Å². The Kier molecular flexibility index (Phi) is 10.1. The van der Waals surface area contributed by atoms with Gasteiger partial charge in [-0.05, 0) is 59.9 Å². The second-order valence-corrected chi connectivity index (χ2v) is 17.7. The van der Waals surface area contributed by atoms with Crippen molar-refractivity contribution in [1.29, 1.82) is 0 Å². The SMILES string of the molecule is Cn1nc(NS(C)(=O)=O)c2c(Cl)ccc(-n3c([C@H](Cc4cc(F)cc(F)c4)NC(=O)Cn4nc(C(F)F)c5c4C(F)(F)C4CC54)nc4cc(-c5c(F)cc(F)cc5F)ccc4c3=O)c21. The van der Waals surface area contributed by atoms with Crippen molar-refractivity contribution >= 4 is 55.2 Å². The Morgan fingerprint density at radius 1 is 0.953 bits per heavy atom. The van der Waals surface area contributed by atoms with Gasteiger partial charge in [0.15, 0.2) is 5.82 Å². The van der Waals surface area contributed by atoms with Crippen LogP contribution < -0.4 is 15.6 Å². The number of nitrogens with zero attached hydrogens (tertiary/aromatic N) is 6. The van der Waals surface area contributed by atoms with Crippen LogP contribution in [0.1, 0.15) is 53.1 Å². The number of aromatic nitrogens is 6. The van der Waals surface area contributed by atoms with Gasteiger partial charge in [-0.15, -0.1) is 0 Å². The predicted molar refractivity (Wildman–Crippen MR) is 213 cm³/mol. The fourth-order valence-electron chi connectivity index (χ4n) is 8.55. The first-order chi connectivity index (χ1) is 30.1. The van der Waals surface area contributed by atoms with E-state index in [0.717, 1.165) is 45.8 Å². The van der Waals surface area contributed by atoms with E-state index >= 15 is 17.6 Å². The normalized spacial score (nSPS) is 17.0. The average molecular weight is 935 g/mol. The van der Waals surface area contributed by atoms with E-state index in [1.54, 1.807) is 0 Å². The molecule has 3 atom stereocenters. The maximum absolute atomic E-state index is 15.5. The Hall–Kier alpha value is -6.42. The molecule has 12 nitrogen and oxygen atoms in total. The number of alkyl halides is 4. The Morgan fingerprint density at radius 2 is 1.62 bits per heavy atom. The molecule has 7 aromatic rings. The van der Waals surface area contributed by atoms with Gasteiger partial charge < -0.3 is 5.32 Å². The van der Waals surface area contributed by atoms with Crippen LogP contribution in [0.3, 0.4) is 0 Å². The molecule has 2 aliphatic rings. The summed E-state index contributed by atoms with van der Waals surface area (Å²) in [6.45, 7) is -1.09. The van der Waals surface area contributed by atoms with Crippen molar-refractivity contribution in [3.05, 3.63) is 133 Å². The average Bonchev–Trinajstić information content (AvgIpc) is 3.72. The molecule has 1 saturated carbocycles. The molecule has 9 rings (SSSR count). The van der Waals surface area contributed by atoms with Crippen LogP contribution in [-0.4, -0.2) is 49.7 Å². The monoisotopic (exact) mass is 934 g/mol.